The Hall–Kier alpha value is -2.10. The van der Waals surface area contributed by atoms with E-state index in [0.29, 0.717) is 6.04 Å². The summed E-state index contributed by atoms with van der Waals surface area (Å²) in [5, 5.41) is 13.5. The molecule has 1 heterocycles. The highest BCUT2D eigenvalue weighted by atomic mass is 16.4. The Morgan fingerprint density at radius 3 is 2.50 bits per heavy atom. The Kier molecular flexibility index (Phi) is 3.30. The van der Waals surface area contributed by atoms with Crippen LogP contribution in [0.3, 0.4) is 0 Å². The lowest BCUT2D eigenvalue weighted by molar-refractivity contribution is 0.0689. The topological polar surface area (TPSA) is 55.1 Å². The van der Waals surface area contributed by atoms with Gasteiger partial charge >= 0.3 is 5.97 Å². The summed E-state index contributed by atoms with van der Waals surface area (Å²) in [6.07, 6.45) is 4.56. The van der Waals surface area contributed by atoms with E-state index in [4.69, 9.17) is 0 Å². The van der Waals surface area contributed by atoms with Gasteiger partial charge in [0, 0.05) is 0 Å². The number of benzene rings is 1. The van der Waals surface area contributed by atoms with E-state index in [9.17, 15) is 9.90 Å². The molecule has 0 saturated heterocycles. The summed E-state index contributed by atoms with van der Waals surface area (Å²) < 4.78 is 1.92. The molecular weight excluding hydrogens is 252 g/mol. The number of carbonyl (C=O) groups is 1. The molecule has 0 aliphatic heterocycles. The lowest BCUT2D eigenvalue weighted by atomic mass is 10.1. The summed E-state index contributed by atoms with van der Waals surface area (Å²) in [6.45, 7) is 2.04. The van der Waals surface area contributed by atoms with Crippen LogP contribution in [-0.4, -0.2) is 20.9 Å². The van der Waals surface area contributed by atoms with Crippen molar-refractivity contribution in [1.82, 2.24) is 9.78 Å². The number of nitrogens with zero attached hydrogens (tertiary/aromatic N) is 2. The van der Waals surface area contributed by atoms with Crippen molar-refractivity contribution in [3.63, 3.8) is 0 Å². The van der Waals surface area contributed by atoms with Gasteiger partial charge in [0.1, 0.15) is 0 Å². The van der Waals surface area contributed by atoms with Gasteiger partial charge in [-0.2, -0.15) is 5.10 Å². The molecule has 0 bridgehead atoms. The maximum atomic E-state index is 11.2. The Morgan fingerprint density at radius 2 is 1.90 bits per heavy atom. The van der Waals surface area contributed by atoms with Crippen LogP contribution in [0.15, 0.2) is 30.3 Å². The molecule has 0 atom stereocenters. The first-order valence-electron chi connectivity index (χ1n) is 7.05. The van der Waals surface area contributed by atoms with Crippen molar-refractivity contribution in [2.75, 3.05) is 0 Å². The summed E-state index contributed by atoms with van der Waals surface area (Å²) in [5.74, 6) is -0.963. The smallest absolute Gasteiger partial charge is 0.356 e. The summed E-state index contributed by atoms with van der Waals surface area (Å²) in [5.41, 5.74) is 3.27. The molecule has 0 radical (unpaired) electrons. The zero-order valence-corrected chi connectivity index (χ0v) is 11.5. The molecule has 0 spiro atoms. The van der Waals surface area contributed by atoms with Gasteiger partial charge < -0.3 is 5.11 Å². The zero-order valence-electron chi connectivity index (χ0n) is 11.5. The molecule has 104 valence electrons. The van der Waals surface area contributed by atoms with Crippen LogP contribution >= 0.6 is 0 Å². The Labute approximate surface area is 118 Å². The number of rotatable bonds is 3. The minimum Gasteiger partial charge on any atom is -0.476 e. The van der Waals surface area contributed by atoms with Crippen LogP contribution in [0.1, 0.15) is 47.8 Å². The highest BCUT2D eigenvalue weighted by Gasteiger charge is 2.23. The van der Waals surface area contributed by atoms with Crippen LogP contribution in [-0.2, 0) is 0 Å². The molecule has 1 aliphatic rings. The highest BCUT2D eigenvalue weighted by Crippen LogP contribution is 2.33. The van der Waals surface area contributed by atoms with E-state index in [1.165, 1.54) is 18.4 Å². The van der Waals surface area contributed by atoms with Gasteiger partial charge in [-0.25, -0.2) is 4.79 Å². The minimum absolute atomic E-state index is 0.132. The van der Waals surface area contributed by atoms with Gasteiger partial charge in [-0.15, -0.1) is 0 Å². The first-order chi connectivity index (χ1) is 9.65. The van der Waals surface area contributed by atoms with Gasteiger partial charge in [0.2, 0.25) is 0 Å². The maximum absolute atomic E-state index is 11.2. The number of aryl methyl sites for hydroxylation is 1. The average Bonchev–Trinajstić information content (AvgIpc) is 3.08. The monoisotopic (exact) mass is 270 g/mol. The molecule has 4 nitrogen and oxygen atoms in total. The van der Waals surface area contributed by atoms with E-state index in [1.807, 2.05) is 35.9 Å². The lowest BCUT2D eigenvalue weighted by Gasteiger charge is -2.14. The highest BCUT2D eigenvalue weighted by molar-refractivity contribution is 5.87. The first kappa shape index (κ1) is 12.9. The van der Waals surface area contributed by atoms with E-state index < -0.39 is 5.97 Å². The van der Waals surface area contributed by atoms with Gasteiger partial charge in [-0.3, -0.25) is 4.68 Å². The molecule has 0 amide bonds. The Bertz CT molecular complexity index is 622. The number of carboxylic acid groups (broad SMARTS) is 1. The van der Waals surface area contributed by atoms with Gasteiger partial charge in [-0.05, 0) is 31.4 Å². The van der Waals surface area contributed by atoms with Crippen LogP contribution in [0.4, 0.5) is 0 Å². The molecule has 1 aromatic heterocycles. The molecule has 0 unspecified atom stereocenters. The lowest BCUT2D eigenvalue weighted by Crippen LogP contribution is -2.09. The van der Waals surface area contributed by atoms with Crippen molar-refractivity contribution in [1.29, 1.82) is 0 Å². The third-order valence-electron chi connectivity index (χ3n) is 3.97. The van der Waals surface area contributed by atoms with Crippen LogP contribution in [0.5, 0.6) is 0 Å². The summed E-state index contributed by atoms with van der Waals surface area (Å²) in [6, 6.07) is 10.2. The predicted octanol–water partition coefficient (Wildman–Crippen LogP) is 3.67. The van der Waals surface area contributed by atoms with E-state index in [2.05, 4.69) is 5.10 Å². The molecule has 2 aromatic rings. The SMILES string of the molecule is Cc1ccc(-c2cc(C(=O)O)nn2C2CCCC2)cc1. The van der Waals surface area contributed by atoms with Gasteiger partial charge in [0.05, 0.1) is 11.7 Å². The minimum atomic E-state index is -0.963. The van der Waals surface area contributed by atoms with Crippen LogP contribution in [0.25, 0.3) is 11.3 Å². The van der Waals surface area contributed by atoms with Gasteiger partial charge in [0.15, 0.2) is 5.69 Å². The van der Waals surface area contributed by atoms with Crippen molar-refractivity contribution >= 4 is 5.97 Å². The summed E-state index contributed by atoms with van der Waals surface area (Å²) >= 11 is 0. The van der Waals surface area contributed by atoms with Gasteiger partial charge in [-0.1, -0.05) is 42.7 Å². The first-order valence-corrected chi connectivity index (χ1v) is 7.05. The van der Waals surface area contributed by atoms with Crippen LogP contribution < -0.4 is 0 Å². The zero-order chi connectivity index (χ0) is 14.1. The molecule has 3 rings (SSSR count). The second-order valence-electron chi connectivity index (χ2n) is 5.47. The molecule has 4 heteroatoms. The standard InChI is InChI=1S/C16H18N2O2/c1-11-6-8-12(9-7-11)15-10-14(16(19)20)17-18(15)13-4-2-3-5-13/h6-10,13H,2-5H2,1H3,(H,19,20). The fourth-order valence-corrected chi connectivity index (χ4v) is 2.87. The van der Waals surface area contributed by atoms with E-state index in [1.54, 1.807) is 6.07 Å². The van der Waals surface area contributed by atoms with Gasteiger partial charge in [0.25, 0.3) is 0 Å². The van der Waals surface area contributed by atoms with Crippen molar-refractivity contribution in [3.05, 3.63) is 41.6 Å². The van der Waals surface area contributed by atoms with Crippen LogP contribution in [0.2, 0.25) is 0 Å². The van der Waals surface area contributed by atoms with E-state index >= 15 is 0 Å². The fraction of sp³-hybridized carbons (Fsp3) is 0.375. The number of carboxylic acids is 1. The van der Waals surface area contributed by atoms with Crippen molar-refractivity contribution in [2.45, 2.75) is 38.6 Å². The number of aromatic nitrogens is 2. The molecular formula is C16H18N2O2. The third kappa shape index (κ3) is 2.33. The van der Waals surface area contributed by atoms with E-state index in [-0.39, 0.29) is 5.69 Å². The Balaban J connectivity index is 2.07. The fourth-order valence-electron chi connectivity index (χ4n) is 2.87. The molecule has 1 saturated carbocycles. The normalized spacial score (nSPS) is 15.7. The molecule has 1 N–H and O–H groups in total. The third-order valence-corrected chi connectivity index (χ3v) is 3.97. The summed E-state index contributed by atoms with van der Waals surface area (Å²) in [7, 11) is 0. The number of aromatic carboxylic acids is 1. The number of hydrogen-bond acceptors (Lipinski definition) is 2. The molecule has 1 aliphatic carbocycles. The largest absolute Gasteiger partial charge is 0.476 e. The average molecular weight is 270 g/mol. The Morgan fingerprint density at radius 1 is 1.25 bits per heavy atom. The molecule has 1 fully saturated rings. The van der Waals surface area contributed by atoms with E-state index in [0.717, 1.165) is 24.1 Å². The van der Waals surface area contributed by atoms with Crippen molar-refractivity contribution < 1.29 is 9.90 Å². The maximum Gasteiger partial charge on any atom is 0.356 e. The second kappa shape index (κ2) is 5.12. The summed E-state index contributed by atoms with van der Waals surface area (Å²) in [4.78, 5) is 11.2. The quantitative estimate of drug-likeness (QED) is 0.925. The molecule has 20 heavy (non-hydrogen) atoms. The van der Waals surface area contributed by atoms with Crippen LogP contribution in [0, 0.1) is 6.92 Å². The number of hydrogen-bond donors (Lipinski definition) is 1. The molecule has 1 aromatic carbocycles. The van der Waals surface area contributed by atoms with Crippen molar-refractivity contribution in [2.24, 2.45) is 0 Å². The predicted molar refractivity (Wildman–Crippen MR) is 76.9 cm³/mol. The second-order valence-corrected chi connectivity index (χ2v) is 5.47. The van der Waals surface area contributed by atoms with Crippen molar-refractivity contribution in [3.8, 4) is 11.3 Å².